The van der Waals surface area contributed by atoms with E-state index in [2.05, 4.69) is 17.0 Å². The van der Waals surface area contributed by atoms with Crippen molar-refractivity contribution in [3.8, 4) is 0 Å². The largest absolute Gasteiger partial charge is 0.398 e. The Morgan fingerprint density at radius 3 is 2.84 bits per heavy atom. The molecule has 0 saturated heterocycles. The molecule has 1 heterocycles. The van der Waals surface area contributed by atoms with E-state index in [1.54, 1.807) is 0 Å². The highest BCUT2D eigenvalue weighted by molar-refractivity contribution is 5.51. The van der Waals surface area contributed by atoms with Gasteiger partial charge in [0, 0.05) is 18.8 Å². The van der Waals surface area contributed by atoms with Crippen LogP contribution >= 0.6 is 0 Å². The van der Waals surface area contributed by atoms with Crippen molar-refractivity contribution in [1.29, 1.82) is 0 Å². The molecule has 1 saturated carbocycles. The minimum atomic E-state index is 0.990. The van der Waals surface area contributed by atoms with Crippen LogP contribution in [-0.4, -0.2) is 18.0 Å². The summed E-state index contributed by atoms with van der Waals surface area (Å²) >= 11 is 0. The lowest BCUT2D eigenvalue weighted by Crippen LogP contribution is -2.32. The SMILES string of the molecule is Nc1cccc2c1CCN(CCC1CCCCC1)C2. The molecule has 104 valence electrons. The molecule has 2 N–H and O–H groups in total. The number of anilines is 1. The molecule has 1 aliphatic heterocycles. The first-order chi connectivity index (χ1) is 9.33. The first-order valence-corrected chi connectivity index (χ1v) is 7.91. The molecule has 2 heteroatoms. The molecule has 0 unspecified atom stereocenters. The summed E-state index contributed by atoms with van der Waals surface area (Å²) in [5.74, 6) is 0.996. The summed E-state index contributed by atoms with van der Waals surface area (Å²) in [5, 5.41) is 0. The molecule has 1 aromatic rings. The van der Waals surface area contributed by atoms with Crippen LogP contribution in [0.5, 0.6) is 0 Å². The lowest BCUT2D eigenvalue weighted by Gasteiger charge is -2.31. The minimum Gasteiger partial charge on any atom is -0.398 e. The highest BCUT2D eigenvalue weighted by Gasteiger charge is 2.19. The Kier molecular flexibility index (Phi) is 4.07. The van der Waals surface area contributed by atoms with Gasteiger partial charge in [-0.15, -0.1) is 0 Å². The van der Waals surface area contributed by atoms with E-state index in [1.165, 1.54) is 62.7 Å². The second-order valence-electron chi connectivity index (χ2n) is 6.30. The van der Waals surface area contributed by atoms with Gasteiger partial charge in [0.15, 0.2) is 0 Å². The summed E-state index contributed by atoms with van der Waals surface area (Å²) < 4.78 is 0. The summed E-state index contributed by atoms with van der Waals surface area (Å²) in [4.78, 5) is 2.62. The summed E-state index contributed by atoms with van der Waals surface area (Å²) in [5.41, 5.74) is 9.90. The number of rotatable bonds is 3. The van der Waals surface area contributed by atoms with Crippen LogP contribution in [0.4, 0.5) is 5.69 Å². The third-order valence-corrected chi connectivity index (χ3v) is 4.96. The molecular formula is C17H26N2. The number of hydrogen-bond donors (Lipinski definition) is 1. The predicted molar refractivity (Wildman–Crippen MR) is 81.0 cm³/mol. The molecule has 0 aromatic heterocycles. The zero-order valence-corrected chi connectivity index (χ0v) is 11.9. The fourth-order valence-corrected chi connectivity index (χ4v) is 3.73. The van der Waals surface area contributed by atoms with E-state index in [4.69, 9.17) is 5.73 Å². The van der Waals surface area contributed by atoms with E-state index in [-0.39, 0.29) is 0 Å². The van der Waals surface area contributed by atoms with Crippen LogP contribution in [0.1, 0.15) is 49.7 Å². The molecule has 0 amide bonds. The lowest BCUT2D eigenvalue weighted by atomic mass is 9.86. The van der Waals surface area contributed by atoms with Crippen molar-refractivity contribution in [3.05, 3.63) is 29.3 Å². The molecule has 19 heavy (non-hydrogen) atoms. The van der Waals surface area contributed by atoms with Crippen LogP contribution in [0.15, 0.2) is 18.2 Å². The fourth-order valence-electron chi connectivity index (χ4n) is 3.73. The number of nitrogens with zero attached hydrogens (tertiary/aromatic N) is 1. The van der Waals surface area contributed by atoms with Crippen molar-refractivity contribution >= 4 is 5.69 Å². The molecule has 1 fully saturated rings. The molecule has 3 rings (SSSR count). The van der Waals surface area contributed by atoms with Crippen molar-refractivity contribution in [3.63, 3.8) is 0 Å². The molecule has 0 atom stereocenters. The van der Waals surface area contributed by atoms with Crippen LogP contribution in [0.2, 0.25) is 0 Å². The predicted octanol–water partition coefficient (Wildman–Crippen LogP) is 3.60. The molecule has 1 aromatic carbocycles. The molecule has 1 aliphatic carbocycles. The van der Waals surface area contributed by atoms with Gasteiger partial charge in [-0.2, -0.15) is 0 Å². The van der Waals surface area contributed by atoms with Gasteiger partial charge in [0.1, 0.15) is 0 Å². The standard InChI is InChI=1S/C17H26N2/c18-17-8-4-7-15-13-19(12-10-16(15)17)11-9-14-5-2-1-3-6-14/h4,7-8,14H,1-3,5-6,9-13,18H2. The van der Waals surface area contributed by atoms with Crippen molar-refractivity contribution in [2.75, 3.05) is 18.8 Å². The summed E-state index contributed by atoms with van der Waals surface area (Å²) in [6, 6.07) is 6.38. The van der Waals surface area contributed by atoms with Gasteiger partial charge in [-0.05, 0) is 42.5 Å². The number of nitrogens with two attached hydrogens (primary N) is 1. The van der Waals surface area contributed by atoms with Gasteiger partial charge in [-0.25, -0.2) is 0 Å². The van der Waals surface area contributed by atoms with E-state index in [9.17, 15) is 0 Å². The third-order valence-electron chi connectivity index (χ3n) is 4.96. The van der Waals surface area contributed by atoms with Crippen LogP contribution in [0, 0.1) is 5.92 Å². The first kappa shape index (κ1) is 13.0. The molecular weight excluding hydrogens is 232 g/mol. The molecule has 0 radical (unpaired) electrons. The topological polar surface area (TPSA) is 29.3 Å². The van der Waals surface area contributed by atoms with Crippen molar-refractivity contribution < 1.29 is 0 Å². The monoisotopic (exact) mass is 258 g/mol. The smallest absolute Gasteiger partial charge is 0.0350 e. The van der Waals surface area contributed by atoms with Gasteiger partial charge in [-0.3, -0.25) is 4.90 Å². The fraction of sp³-hybridized carbons (Fsp3) is 0.647. The van der Waals surface area contributed by atoms with Gasteiger partial charge in [0.2, 0.25) is 0 Å². The summed E-state index contributed by atoms with van der Waals surface area (Å²) in [7, 11) is 0. The van der Waals surface area contributed by atoms with Gasteiger partial charge < -0.3 is 5.73 Å². The average Bonchev–Trinajstić information content (AvgIpc) is 2.46. The first-order valence-electron chi connectivity index (χ1n) is 7.91. The minimum absolute atomic E-state index is 0.990. The van der Waals surface area contributed by atoms with Crippen LogP contribution in [0.3, 0.4) is 0 Å². The highest BCUT2D eigenvalue weighted by Crippen LogP contribution is 2.28. The Morgan fingerprint density at radius 1 is 1.16 bits per heavy atom. The third kappa shape index (κ3) is 3.11. The second kappa shape index (κ2) is 5.96. The van der Waals surface area contributed by atoms with Crippen molar-refractivity contribution in [2.24, 2.45) is 5.92 Å². The van der Waals surface area contributed by atoms with E-state index < -0.39 is 0 Å². The maximum atomic E-state index is 6.06. The molecule has 2 nitrogen and oxygen atoms in total. The zero-order valence-electron chi connectivity index (χ0n) is 11.9. The van der Waals surface area contributed by atoms with E-state index in [1.807, 2.05) is 6.07 Å². The van der Waals surface area contributed by atoms with E-state index in [0.717, 1.165) is 24.6 Å². The van der Waals surface area contributed by atoms with Crippen molar-refractivity contribution in [1.82, 2.24) is 4.90 Å². The lowest BCUT2D eigenvalue weighted by molar-refractivity contribution is 0.217. The van der Waals surface area contributed by atoms with Crippen LogP contribution in [0.25, 0.3) is 0 Å². The van der Waals surface area contributed by atoms with Crippen LogP contribution < -0.4 is 5.73 Å². The highest BCUT2D eigenvalue weighted by atomic mass is 15.1. The Morgan fingerprint density at radius 2 is 2.00 bits per heavy atom. The maximum absolute atomic E-state index is 6.06. The van der Waals surface area contributed by atoms with Gasteiger partial charge >= 0.3 is 0 Å². The number of hydrogen-bond acceptors (Lipinski definition) is 2. The Hall–Kier alpha value is -1.02. The molecule has 2 aliphatic rings. The van der Waals surface area contributed by atoms with E-state index >= 15 is 0 Å². The molecule has 0 bridgehead atoms. The van der Waals surface area contributed by atoms with Gasteiger partial charge in [0.05, 0.1) is 0 Å². The summed E-state index contributed by atoms with van der Waals surface area (Å²) in [6.07, 6.45) is 9.86. The van der Waals surface area contributed by atoms with E-state index in [0.29, 0.717) is 0 Å². The van der Waals surface area contributed by atoms with Crippen molar-refractivity contribution in [2.45, 2.75) is 51.5 Å². The Labute approximate surface area is 117 Å². The number of benzene rings is 1. The van der Waals surface area contributed by atoms with Crippen LogP contribution in [-0.2, 0) is 13.0 Å². The Balaban J connectivity index is 1.54. The van der Waals surface area contributed by atoms with Gasteiger partial charge in [0.25, 0.3) is 0 Å². The zero-order chi connectivity index (χ0) is 13.1. The Bertz CT molecular complexity index is 421. The summed E-state index contributed by atoms with van der Waals surface area (Å²) in [6.45, 7) is 3.57. The number of nitrogen functional groups attached to an aromatic ring is 1. The number of fused-ring (bicyclic) bond motifs is 1. The van der Waals surface area contributed by atoms with Gasteiger partial charge in [-0.1, -0.05) is 44.2 Å². The second-order valence-corrected chi connectivity index (χ2v) is 6.30. The average molecular weight is 258 g/mol. The normalized spacial score (nSPS) is 21.3. The quantitative estimate of drug-likeness (QED) is 0.839. The molecule has 0 spiro atoms. The maximum Gasteiger partial charge on any atom is 0.0350 e.